The molecule has 11 heteroatoms. The predicted molar refractivity (Wildman–Crippen MR) is 173 cm³/mol. The van der Waals surface area contributed by atoms with Gasteiger partial charge in [-0.3, -0.25) is 13.9 Å². The molecule has 0 aliphatic carbocycles. The van der Waals surface area contributed by atoms with Crippen molar-refractivity contribution in [1.29, 1.82) is 0 Å². The summed E-state index contributed by atoms with van der Waals surface area (Å²) in [4.78, 5) is 29.2. The van der Waals surface area contributed by atoms with Gasteiger partial charge in [0.25, 0.3) is 10.0 Å². The summed E-state index contributed by atoms with van der Waals surface area (Å²) in [5.74, 6) is -1.69. The normalized spacial score (nSPS) is 12.0. The minimum absolute atomic E-state index is 0.101. The SMILES string of the molecule is CCOc1ccc(N(CC(=O)N(Cc2ccc(F)cc2)[C@@H](Cc2ccccc2)C(=O)NC(C)C)S(=O)(=O)c2ccc(F)cc2)cc1. The summed E-state index contributed by atoms with van der Waals surface area (Å²) in [6, 6.07) is 23.9. The Morgan fingerprint density at radius 2 is 1.39 bits per heavy atom. The molecule has 4 aromatic rings. The van der Waals surface area contributed by atoms with E-state index in [1.54, 1.807) is 26.0 Å². The average molecular weight is 650 g/mol. The number of halogens is 2. The number of hydrogen-bond donors (Lipinski definition) is 1. The number of ether oxygens (including phenoxy) is 1. The van der Waals surface area contributed by atoms with E-state index in [1.807, 2.05) is 37.3 Å². The number of carbonyl (C=O) groups is 2. The summed E-state index contributed by atoms with van der Waals surface area (Å²) in [5.41, 5.74) is 1.49. The minimum atomic E-state index is -4.40. The maximum absolute atomic E-state index is 14.4. The van der Waals surface area contributed by atoms with Gasteiger partial charge in [-0.2, -0.15) is 0 Å². The Morgan fingerprint density at radius 3 is 1.96 bits per heavy atom. The number of amides is 2. The third kappa shape index (κ3) is 8.91. The van der Waals surface area contributed by atoms with Gasteiger partial charge in [0.2, 0.25) is 11.8 Å². The van der Waals surface area contributed by atoms with Crippen LogP contribution in [0.2, 0.25) is 0 Å². The van der Waals surface area contributed by atoms with Crippen molar-refractivity contribution < 1.29 is 31.5 Å². The van der Waals surface area contributed by atoms with Crippen molar-refractivity contribution >= 4 is 27.5 Å². The van der Waals surface area contributed by atoms with Gasteiger partial charge in [-0.1, -0.05) is 42.5 Å². The molecule has 0 bridgehead atoms. The zero-order valence-electron chi connectivity index (χ0n) is 25.9. The van der Waals surface area contributed by atoms with E-state index in [4.69, 9.17) is 4.74 Å². The molecule has 0 spiro atoms. The highest BCUT2D eigenvalue weighted by molar-refractivity contribution is 7.92. The van der Waals surface area contributed by atoms with E-state index in [1.165, 1.54) is 41.3 Å². The first-order valence-electron chi connectivity index (χ1n) is 14.9. The van der Waals surface area contributed by atoms with Gasteiger partial charge < -0.3 is 15.0 Å². The van der Waals surface area contributed by atoms with Crippen LogP contribution in [0.25, 0.3) is 0 Å². The molecule has 0 saturated carbocycles. The summed E-state index contributed by atoms with van der Waals surface area (Å²) in [6.07, 6.45) is 0.139. The molecular formula is C35H37F2N3O5S. The molecule has 1 N–H and O–H groups in total. The number of nitrogens with zero attached hydrogens (tertiary/aromatic N) is 2. The van der Waals surface area contributed by atoms with Gasteiger partial charge in [-0.15, -0.1) is 0 Å². The highest BCUT2D eigenvalue weighted by Gasteiger charge is 2.35. The maximum Gasteiger partial charge on any atom is 0.264 e. The summed E-state index contributed by atoms with van der Waals surface area (Å²) in [7, 11) is -4.40. The van der Waals surface area contributed by atoms with Crippen molar-refractivity contribution in [2.75, 3.05) is 17.5 Å². The number of hydrogen-bond acceptors (Lipinski definition) is 5. The second-order valence-electron chi connectivity index (χ2n) is 10.9. The summed E-state index contributed by atoms with van der Waals surface area (Å²) >= 11 is 0. The Bertz CT molecular complexity index is 1700. The molecular weight excluding hydrogens is 612 g/mol. The van der Waals surface area contributed by atoms with Crippen molar-refractivity contribution in [3.05, 3.63) is 126 Å². The second kappa shape index (κ2) is 15.5. The standard InChI is InChI=1S/C35H37F2N3O5S/c1-4-45-31-18-16-30(17-19-31)40(46(43,44)32-20-14-29(37)15-21-32)24-34(41)39(23-27-10-12-28(36)13-11-27)33(35(42)38-25(2)3)22-26-8-6-5-7-9-26/h5-21,25,33H,4,22-24H2,1-3H3,(H,38,42)/t33-/m0/s1. The monoisotopic (exact) mass is 649 g/mol. The Hall–Kier alpha value is -4.77. The van der Waals surface area contributed by atoms with Crippen LogP contribution < -0.4 is 14.4 Å². The lowest BCUT2D eigenvalue weighted by molar-refractivity contribution is -0.140. The van der Waals surface area contributed by atoms with Gasteiger partial charge in [0.15, 0.2) is 0 Å². The Balaban J connectivity index is 1.80. The fraction of sp³-hybridized carbons (Fsp3) is 0.257. The van der Waals surface area contributed by atoms with Crippen LogP contribution >= 0.6 is 0 Å². The van der Waals surface area contributed by atoms with E-state index < -0.39 is 46.1 Å². The third-order valence-corrected chi connectivity index (χ3v) is 8.87. The number of nitrogens with one attached hydrogen (secondary N) is 1. The molecule has 0 fully saturated rings. The molecule has 4 aromatic carbocycles. The van der Waals surface area contributed by atoms with Crippen molar-refractivity contribution in [3.8, 4) is 5.75 Å². The van der Waals surface area contributed by atoms with Crippen LogP contribution in [0.5, 0.6) is 5.75 Å². The Labute approximate surface area is 268 Å². The zero-order valence-corrected chi connectivity index (χ0v) is 26.7. The highest BCUT2D eigenvalue weighted by Crippen LogP contribution is 2.27. The third-order valence-electron chi connectivity index (χ3n) is 7.08. The Morgan fingerprint density at radius 1 is 0.804 bits per heavy atom. The fourth-order valence-corrected chi connectivity index (χ4v) is 6.27. The van der Waals surface area contributed by atoms with Gasteiger partial charge >= 0.3 is 0 Å². The molecule has 0 saturated heterocycles. The van der Waals surface area contributed by atoms with Crippen LogP contribution in [0.15, 0.2) is 108 Å². The lowest BCUT2D eigenvalue weighted by atomic mass is 10.0. The lowest BCUT2D eigenvalue weighted by Crippen LogP contribution is -2.54. The number of benzene rings is 4. The molecule has 242 valence electrons. The first-order chi connectivity index (χ1) is 22.0. The topological polar surface area (TPSA) is 96.0 Å². The largest absolute Gasteiger partial charge is 0.494 e. The molecule has 0 unspecified atom stereocenters. The van der Waals surface area contributed by atoms with Crippen LogP contribution in [-0.2, 0) is 32.6 Å². The summed E-state index contributed by atoms with van der Waals surface area (Å²) < 4.78 is 62.1. The summed E-state index contributed by atoms with van der Waals surface area (Å²) in [6.45, 7) is 5.02. The molecule has 0 radical (unpaired) electrons. The van der Waals surface area contributed by atoms with E-state index in [-0.39, 0.29) is 29.6 Å². The van der Waals surface area contributed by atoms with E-state index in [0.717, 1.165) is 34.1 Å². The molecule has 0 aliphatic rings. The van der Waals surface area contributed by atoms with Crippen molar-refractivity contribution in [3.63, 3.8) is 0 Å². The van der Waals surface area contributed by atoms with Crippen LogP contribution in [-0.4, -0.2) is 50.4 Å². The highest BCUT2D eigenvalue weighted by atomic mass is 32.2. The molecule has 0 heterocycles. The van der Waals surface area contributed by atoms with Crippen molar-refractivity contribution in [2.45, 2.75) is 50.7 Å². The quantitative estimate of drug-likeness (QED) is 0.189. The molecule has 0 aliphatic heterocycles. The average Bonchev–Trinajstić information content (AvgIpc) is 3.03. The van der Waals surface area contributed by atoms with Crippen LogP contribution in [0, 0.1) is 11.6 Å². The van der Waals surface area contributed by atoms with Gasteiger partial charge in [0, 0.05) is 19.0 Å². The van der Waals surface area contributed by atoms with Crippen LogP contribution in [0.4, 0.5) is 14.5 Å². The van der Waals surface area contributed by atoms with Crippen molar-refractivity contribution in [1.82, 2.24) is 10.2 Å². The van der Waals surface area contributed by atoms with Crippen LogP contribution in [0.1, 0.15) is 31.9 Å². The van der Waals surface area contributed by atoms with Crippen molar-refractivity contribution in [2.24, 2.45) is 0 Å². The summed E-state index contributed by atoms with van der Waals surface area (Å²) in [5, 5.41) is 2.88. The molecule has 0 aromatic heterocycles. The minimum Gasteiger partial charge on any atom is -0.494 e. The first-order valence-corrected chi connectivity index (χ1v) is 16.3. The number of anilines is 1. The van der Waals surface area contributed by atoms with Gasteiger partial charge in [-0.05, 0) is 92.6 Å². The maximum atomic E-state index is 14.4. The van der Waals surface area contributed by atoms with Gasteiger partial charge in [0.05, 0.1) is 17.2 Å². The lowest BCUT2D eigenvalue weighted by Gasteiger charge is -2.34. The first kappa shape index (κ1) is 34.1. The fourth-order valence-electron chi connectivity index (χ4n) is 4.86. The number of carbonyl (C=O) groups excluding carboxylic acids is 2. The molecule has 2 amide bonds. The number of sulfonamides is 1. The van der Waals surface area contributed by atoms with Gasteiger partial charge in [-0.25, -0.2) is 17.2 Å². The van der Waals surface area contributed by atoms with E-state index in [9.17, 15) is 26.8 Å². The molecule has 8 nitrogen and oxygen atoms in total. The van der Waals surface area contributed by atoms with Crippen LogP contribution in [0.3, 0.4) is 0 Å². The Kier molecular flexibility index (Phi) is 11.5. The molecule has 1 atom stereocenters. The van der Waals surface area contributed by atoms with E-state index in [0.29, 0.717) is 17.9 Å². The second-order valence-corrected chi connectivity index (χ2v) is 12.8. The smallest absolute Gasteiger partial charge is 0.264 e. The zero-order chi connectivity index (χ0) is 33.3. The molecule has 4 rings (SSSR count). The van der Waals surface area contributed by atoms with E-state index in [2.05, 4.69) is 5.32 Å². The molecule has 46 heavy (non-hydrogen) atoms. The van der Waals surface area contributed by atoms with Gasteiger partial charge in [0.1, 0.15) is 30.0 Å². The van der Waals surface area contributed by atoms with E-state index >= 15 is 0 Å². The predicted octanol–water partition coefficient (Wildman–Crippen LogP) is 5.72. The number of rotatable bonds is 14.